The summed E-state index contributed by atoms with van der Waals surface area (Å²) in [6.45, 7) is 9.13. The van der Waals surface area contributed by atoms with Crippen LogP contribution >= 0.6 is 23.2 Å². The second-order valence-electron chi connectivity index (χ2n) is 7.77. The van der Waals surface area contributed by atoms with E-state index < -0.39 is 5.83 Å². The molecule has 0 atom stereocenters. The van der Waals surface area contributed by atoms with Gasteiger partial charge >= 0.3 is 0 Å². The highest BCUT2D eigenvalue weighted by atomic mass is 35.5. The number of morpholine rings is 1. The van der Waals surface area contributed by atoms with Gasteiger partial charge in [-0.2, -0.15) is 4.98 Å². The van der Waals surface area contributed by atoms with Crippen LogP contribution in [0.3, 0.4) is 0 Å². The predicted octanol–water partition coefficient (Wildman–Crippen LogP) is 3.79. The number of hydrogen-bond acceptors (Lipinski definition) is 8. The summed E-state index contributed by atoms with van der Waals surface area (Å²) in [6, 6.07) is 1.97. The highest BCUT2D eigenvalue weighted by molar-refractivity contribution is 6.31. The maximum atomic E-state index is 13.6. The minimum absolute atomic E-state index is 0.0106. The molecule has 2 aromatic rings. The largest absolute Gasteiger partial charge is 0.378 e. The van der Waals surface area contributed by atoms with Crippen molar-refractivity contribution in [3.05, 3.63) is 65.0 Å². The quantitative estimate of drug-likeness (QED) is 0.526. The molecule has 2 fully saturated rings. The molecule has 2 saturated heterocycles. The van der Waals surface area contributed by atoms with E-state index >= 15 is 0 Å². The minimum atomic E-state index is -0.559. The third kappa shape index (κ3) is 6.02. The van der Waals surface area contributed by atoms with Gasteiger partial charge in [-0.1, -0.05) is 35.9 Å². The number of halogens is 3. The minimum Gasteiger partial charge on any atom is -0.378 e. The molecule has 8 nitrogen and oxygen atoms in total. The monoisotopic (exact) mass is 505 g/mol. The first-order valence-corrected chi connectivity index (χ1v) is 11.8. The van der Waals surface area contributed by atoms with Crippen LogP contribution in [0.5, 0.6) is 0 Å². The molecule has 180 valence electrons. The number of rotatable bonds is 7. The fourth-order valence-corrected chi connectivity index (χ4v) is 4.17. The number of hydrogen-bond donors (Lipinski definition) is 0. The molecule has 0 aliphatic carbocycles. The first kappa shape index (κ1) is 24.4. The Morgan fingerprint density at radius 2 is 1.74 bits per heavy atom. The maximum absolute atomic E-state index is 13.6. The Bertz CT molecular complexity index is 1070. The summed E-state index contributed by atoms with van der Waals surface area (Å²) in [5, 5.41) is 0.416. The molecule has 4 heterocycles. The van der Waals surface area contributed by atoms with Gasteiger partial charge in [0, 0.05) is 64.1 Å². The second-order valence-corrected chi connectivity index (χ2v) is 8.53. The molecule has 0 radical (unpaired) electrons. The summed E-state index contributed by atoms with van der Waals surface area (Å²) in [6.07, 6.45) is 8.12. The van der Waals surface area contributed by atoms with Gasteiger partial charge in [0.15, 0.2) is 11.0 Å². The molecule has 0 saturated carbocycles. The van der Waals surface area contributed by atoms with E-state index in [1.54, 1.807) is 18.5 Å². The van der Waals surface area contributed by atoms with Gasteiger partial charge in [0.05, 0.1) is 23.9 Å². The van der Waals surface area contributed by atoms with Crippen LogP contribution in [0.15, 0.2) is 54.1 Å². The zero-order valence-electron chi connectivity index (χ0n) is 18.7. The Labute approximate surface area is 208 Å². The topological polar surface area (TPSA) is 70.5 Å². The van der Waals surface area contributed by atoms with Crippen molar-refractivity contribution in [3.63, 3.8) is 0 Å². The van der Waals surface area contributed by atoms with Crippen molar-refractivity contribution >= 4 is 40.8 Å². The number of ether oxygens (including phenoxy) is 1. The average Bonchev–Trinajstić information content (AvgIpc) is 2.89. The van der Waals surface area contributed by atoms with E-state index in [1.807, 2.05) is 6.07 Å². The normalized spacial score (nSPS) is 17.8. The maximum Gasteiger partial charge on any atom is 0.227 e. The van der Waals surface area contributed by atoms with Gasteiger partial charge in [-0.3, -0.25) is 0 Å². The fraction of sp³-hybridized carbons (Fsp3) is 0.391. The molecule has 2 aliphatic heterocycles. The Balaban J connectivity index is 1.52. The van der Waals surface area contributed by atoms with E-state index in [0.717, 1.165) is 56.9 Å². The lowest BCUT2D eigenvalue weighted by Gasteiger charge is -2.36. The van der Waals surface area contributed by atoms with E-state index in [4.69, 9.17) is 37.9 Å². The second kappa shape index (κ2) is 11.6. The van der Waals surface area contributed by atoms with E-state index in [-0.39, 0.29) is 5.03 Å². The lowest BCUT2D eigenvalue weighted by atomic mass is 10.2. The molecule has 0 aromatic carbocycles. The molecule has 11 heteroatoms. The molecule has 0 unspecified atom stereocenters. The van der Waals surface area contributed by atoms with Crippen molar-refractivity contribution in [1.29, 1.82) is 0 Å². The van der Waals surface area contributed by atoms with Crippen molar-refractivity contribution in [1.82, 2.24) is 19.9 Å². The van der Waals surface area contributed by atoms with E-state index in [9.17, 15) is 4.39 Å². The molecule has 0 spiro atoms. The van der Waals surface area contributed by atoms with Gasteiger partial charge in [0.1, 0.15) is 11.6 Å². The number of piperazine rings is 1. The van der Waals surface area contributed by atoms with Crippen LogP contribution in [0.2, 0.25) is 5.15 Å². The molecule has 4 rings (SSSR count). The number of nitrogens with zero attached hydrogens (tertiary/aromatic N) is 7. The molecule has 2 aliphatic rings. The smallest absolute Gasteiger partial charge is 0.227 e. The lowest BCUT2D eigenvalue weighted by molar-refractivity contribution is 0.122. The number of aromatic nitrogens is 4. The summed E-state index contributed by atoms with van der Waals surface area (Å²) in [5.41, 5.74) is 0.825. The van der Waals surface area contributed by atoms with E-state index in [0.29, 0.717) is 36.6 Å². The zero-order chi connectivity index (χ0) is 23.9. The summed E-state index contributed by atoms with van der Waals surface area (Å²) >= 11 is 12.2. The Morgan fingerprint density at radius 1 is 1.03 bits per heavy atom. The molecule has 0 N–H and O–H groups in total. The molecule has 2 aromatic heterocycles. The van der Waals surface area contributed by atoms with Gasteiger partial charge in [-0.05, 0) is 12.2 Å². The van der Waals surface area contributed by atoms with Gasteiger partial charge in [0.25, 0.3) is 0 Å². The van der Waals surface area contributed by atoms with E-state index in [2.05, 4.69) is 31.2 Å². The number of anilines is 3. The summed E-state index contributed by atoms with van der Waals surface area (Å²) in [4.78, 5) is 24.6. The Morgan fingerprint density at radius 3 is 2.44 bits per heavy atom. The standard InChI is InChI=1S/C23H26Cl2FN7O/c1-2-19(26)18(24)5-3-4-17-16-20(30-23(29-17)33-12-14-34-15-13-33)31-8-10-32(11-9-31)22-21(25)27-6-7-28-22/h2-3,5-7,16H,1,4,8-15H2/b5-3-,19-18-. The summed E-state index contributed by atoms with van der Waals surface area (Å²) < 4.78 is 19.0. The van der Waals surface area contributed by atoms with Gasteiger partial charge in [-0.25, -0.2) is 19.3 Å². The van der Waals surface area contributed by atoms with Crippen LogP contribution in [0.1, 0.15) is 5.69 Å². The van der Waals surface area contributed by atoms with Gasteiger partial charge in [0.2, 0.25) is 5.95 Å². The summed E-state index contributed by atoms with van der Waals surface area (Å²) in [7, 11) is 0. The summed E-state index contributed by atoms with van der Waals surface area (Å²) in [5.74, 6) is 1.66. The van der Waals surface area contributed by atoms with Crippen molar-refractivity contribution in [2.45, 2.75) is 6.42 Å². The number of allylic oxidation sites excluding steroid dienone is 5. The predicted molar refractivity (Wildman–Crippen MR) is 134 cm³/mol. The van der Waals surface area contributed by atoms with Gasteiger partial charge < -0.3 is 19.4 Å². The third-order valence-electron chi connectivity index (χ3n) is 5.59. The SMILES string of the molecule is C=C/C(F)=C(Cl)\C=C/Cc1cc(N2CCN(c3nccnc3Cl)CC2)nc(N2CCOCC2)n1. The van der Waals surface area contributed by atoms with Crippen molar-refractivity contribution in [3.8, 4) is 0 Å². The molecular formula is C23H26Cl2FN7O. The highest BCUT2D eigenvalue weighted by Gasteiger charge is 2.23. The molecule has 0 bridgehead atoms. The van der Waals surface area contributed by atoms with Crippen molar-refractivity contribution in [2.24, 2.45) is 0 Å². The van der Waals surface area contributed by atoms with Crippen LogP contribution in [0.4, 0.5) is 22.0 Å². The Kier molecular flexibility index (Phi) is 8.31. The fourth-order valence-electron chi connectivity index (χ4n) is 3.77. The van der Waals surface area contributed by atoms with Gasteiger partial charge in [-0.15, -0.1) is 0 Å². The van der Waals surface area contributed by atoms with Crippen molar-refractivity contribution in [2.75, 3.05) is 67.2 Å². The zero-order valence-corrected chi connectivity index (χ0v) is 20.2. The molecule has 0 amide bonds. The van der Waals surface area contributed by atoms with E-state index in [1.165, 1.54) is 6.08 Å². The first-order chi connectivity index (χ1) is 16.5. The van der Waals surface area contributed by atoms with Crippen LogP contribution < -0.4 is 14.7 Å². The first-order valence-electron chi connectivity index (χ1n) is 11.1. The average molecular weight is 506 g/mol. The van der Waals surface area contributed by atoms with Crippen LogP contribution in [-0.4, -0.2) is 72.4 Å². The van der Waals surface area contributed by atoms with Crippen LogP contribution in [0.25, 0.3) is 0 Å². The van der Waals surface area contributed by atoms with Crippen LogP contribution in [-0.2, 0) is 11.2 Å². The van der Waals surface area contributed by atoms with Crippen LogP contribution in [0, 0.1) is 0 Å². The van der Waals surface area contributed by atoms with Crippen molar-refractivity contribution < 1.29 is 9.13 Å². The third-order valence-corrected chi connectivity index (χ3v) is 6.16. The highest BCUT2D eigenvalue weighted by Crippen LogP contribution is 2.25. The molecular weight excluding hydrogens is 480 g/mol. The molecule has 34 heavy (non-hydrogen) atoms. The Hall–Kier alpha value is -2.75. The lowest BCUT2D eigenvalue weighted by Crippen LogP contribution is -2.47.